The Hall–Kier alpha value is -3.07. The monoisotopic (exact) mass is 414 g/mol. The van der Waals surface area contributed by atoms with Gasteiger partial charge < -0.3 is 4.74 Å². The molecule has 29 heavy (non-hydrogen) atoms. The number of anilines is 1. The number of esters is 1. The molecule has 1 N–H and O–H groups in total. The van der Waals surface area contributed by atoms with Crippen molar-refractivity contribution in [2.45, 2.75) is 32.6 Å². The molecule has 0 bridgehead atoms. The first kappa shape index (κ1) is 19.3. The standard InChI is InChI=1S/C20H19FN4O3S/c1-2-28-17(26)10-13-11-29-20(22-13)23-19(27)18-15-4-3-5-16(15)25(24-18)14-8-6-12(21)7-9-14/h6-9,11H,2-5,10H2,1H3,(H,22,23,27). The van der Waals surface area contributed by atoms with Gasteiger partial charge in [-0.05, 0) is 50.5 Å². The van der Waals surface area contributed by atoms with E-state index in [1.807, 2.05) is 0 Å². The lowest BCUT2D eigenvalue weighted by Crippen LogP contribution is -2.15. The first-order valence-corrected chi connectivity index (χ1v) is 10.2. The van der Waals surface area contributed by atoms with Crippen LogP contribution >= 0.6 is 11.3 Å². The highest BCUT2D eigenvalue weighted by Crippen LogP contribution is 2.28. The number of carbonyl (C=O) groups excluding carboxylic acids is 2. The zero-order valence-corrected chi connectivity index (χ0v) is 16.6. The zero-order chi connectivity index (χ0) is 20.4. The summed E-state index contributed by atoms with van der Waals surface area (Å²) in [6.45, 7) is 2.06. The Morgan fingerprint density at radius 2 is 2.07 bits per heavy atom. The third-order valence-corrected chi connectivity index (χ3v) is 5.43. The van der Waals surface area contributed by atoms with E-state index in [1.54, 1.807) is 29.1 Å². The Bertz CT molecular complexity index is 1060. The van der Waals surface area contributed by atoms with Gasteiger partial charge in [0.05, 0.1) is 24.4 Å². The minimum atomic E-state index is -0.355. The van der Waals surface area contributed by atoms with Gasteiger partial charge in [0.15, 0.2) is 10.8 Å². The number of nitrogens with zero attached hydrogens (tertiary/aromatic N) is 3. The maximum absolute atomic E-state index is 13.2. The molecular formula is C20H19FN4O3S. The van der Waals surface area contributed by atoms with Crippen molar-refractivity contribution in [1.29, 1.82) is 0 Å². The fourth-order valence-corrected chi connectivity index (χ4v) is 4.08. The number of thiazole rings is 1. The van der Waals surface area contributed by atoms with Crippen LogP contribution in [0.3, 0.4) is 0 Å². The molecule has 7 nitrogen and oxygen atoms in total. The number of ether oxygens (including phenoxy) is 1. The SMILES string of the molecule is CCOC(=O)Cc1csc(NC(=O)c2nn(-c3ccc(F)cc3)c3c2CCC3)n1. The number of nitrogens with one attached hydrogen (secondary N) is 1. The largest absolute Gasteiger partial charge is 0.466 e. The van der Waals surface area contributed by atoms with Gasteiger partial charge in [-0.2, -0.15) is 5.10 Å². The summed E-state index contributed by atoms with van der Waals surface area (Å²) in [5, 5.41) is 9.38. The average molecular weight is 414 g/mol. The normalized spacial score (nSPS) is 12.6. The Balaban J connectivity index is 1.54. The zero-order valence-electron chi connectivity index (χ0n) is 15.8. The molecule has 1 aromatic carbocycles. The van der Waals surface area contributed by atoms with Gasteiger partial charge in [-0.15, -0.1) is 11.3 Å². The fourth-order valence-electron chi connectivity index (χ4n) is 3.38. The topological polar surface area (TPSA) is 86.1 Å². The molecule has 1 aliphatic carbocycles. The number of carbonyl (C=O) groups is 2. The van der Waals surface area contributed by atoms with Crippen molar-refractivity contribution >= 4 is 28.3 Å². The van der Waals surface area contributed by atoms with Gasteiger partial charge in [0.25, 0.3) is 5.91 Å². The van der Waals surface area contributed by atoms with Crippen LogP contribution in [0.5, 0.6) is 0 Å². The van der Waals surface area contributed by atoms with Gasteiger partial charge >= 0.3 is 5.97 Å². The van der Waals surface area contributed by atoms with Crippen LogP contribution in [0.25, 0.3) is 5.69 Å². The second kappa shape index (κ2) is 8.12. The van der Waals surface area contributed by atoms with Crippen molar-refractivity contribution in [1.82, 2.24) is 14.8 Å². The molecule has 4 rings (SSSR count). The maximum atomic E-state index is 13.2. The molecule has 0 saturated carbocycles. The molecule has 9 heteroatoms. The molecule has 0 aliphatic heterocycles. The van der Waals surface area contributed by atoms with E-state index in [0.717, 1.165) is 36.2 Å². The molecule has 0 saturated heterocycles. The summed E-state index contributed by atoms with van der Waals surface area (Å²) in [4.78, 5) is 28.7. The van der Waals surface area contributed by atoms with Crippen molar-refractivity contribution in [2.24, 2.45) is 0 Å². The number of hydrogen-bond donors (Lipinski definition) is 1. The molecule has 0 spiro atoms. The summed E-state index contributed by atoms with van der Waals surface area (Å²) < 4.78 is 19.9. The van der Waals surface area contributed by atoms with E-state index in [0.29, 0.717) is 23.1 Å². The third-order valence-electron chi connectivity index (χ3n) is 4.62. The second-order valence-corrected chi connectivity index (χ2v) is 7.45. The molecule has 0 radical (unpaired) electrons. The van der Waals surface area contributed by atoms with Crippen molar-refractivity contribution in [3.63, 3.8) is 0 Å². The van der Waals surface area contributed by atoms with Crippen LogP contribution in [-0.2, 0) is 28.8 Å². The van der Waals surface area contributed by atoms with Crippen LogP contribution in [0.2, 0.25) is 0 Å². The molecule has 3 aromatic rings. The summed E-state index contributed by atoms with van der Waals surface area (Å²) in [5.74, 6) is -1.02. The van der Waals surface area contributed by atoms with Gasteiger partial charge in [0, 0.05) is 16.6 Å². The number of fused-ring (bicyclic) bond motifs is 1. The average Bonchev–Trinajstić information content (AvgIpc) is 3.39. The smallest absolute Gasteiger partial charge is 0.311 e. The summed E-state index contributed by atoms with van der Waals surface area (Å²) in [6, 6.07) is 6.04. The minimum absolute atomic E-state index is 0.0643. The Morgan fingerprint density at radius 1 is 1.28 bits per heavy atom. The second-order valence-electron chi connectivity index (χ2n) is 6.60. The highest BCUT2D eigenvalue weighted by molar-refractivity contribution is 7.14. The van der Waals surface area contributed by atoms with Gasteiger partial charge in [-0.1, -0.05) is 0 Å². The first-order valence-electron chi connectivity index (χ1n) is 9.33. The van der Waals surface area contributed by atoms with Gasteiger partial charge in [0.1, 0.15) is 5.82 Å². The molecule has 2 heterocycles. The lowest BCUT2D eigenvalue weighted by atomic mass is 10.2. The predicted octanol–water partition coefficient (Wildman–Crippen LogP) is 3.31. The van der Waals surface area contributed by atoms with E-state index in [9.17, 15) is 14.0 Å². The first-order chi connectivity index (χ1) is 14.0. The number of benzene rings is 1. The summed E-state index contributed by atoms with van der Waals surface area (Å²) in [7, 11) is 0. The van der Waals surface area contributed by atoms with Crippen LogP contribution in [0.4, 0.5) is 9.52 Å². The highest BCUT2D eigenvalue weighted by atomic mass is 32.1. The Morgan fingerprint density at radius 3 is 2.83 bits per heavy atom. The molecule has 0 atom stereocenters. The van der Waals surface area contributed by atoms with E-state index >= 15 is 0 Å². The van der Waals surface area contributed by atoms with Crippen LogP contribution in [-0.4, -0.2) is 33.2 Å². The van der Waals surface area contributed by atoms with Gasteiger partial charge in [-0.25, -0.2) is 14.1 Å². The molecule has 0 fully saturated rings. The summed E-state index contributed by atoms with van der Waals surface area (Å²) in [6.07, 6.45) is 2.59. The highest BCUT2D eigenvalue weighted by Gasteiger charge is 2.27. The summed E-state index contributed by atoms with van der Waals surface area (Å²) >= 11 is 1.24. The molecule has 2 aromatic heterocycles. The van der Waals surface area contributed by atoms with Crippen LogP contribution < -0.4 is 5.32 Å². The van der Waals surface area contributed by atoms with E-state index in [1.165, 1.54) is 23.5 Å². The molecular weight excluding hydrogens is 395 g/mol. The number of hydrogen-bond acceptors (Lipinski definition) is 6. The van der Waals surface area contributed by atoms with Crippen molar-refractivity contribution in [2.75, 3.05) is 11.9 Å². The third kappa shape index (κ3) is 4.04. The minimum Gasteiger partial charge on any atom is -0.466 e. The Kier molecular flexibility index (Phi) is 5.39. The van der Waals surface area contributed by atoms with Crippen LogP contribution in [0.1, 0.15) is 40.8 Å². The number of halogens is 1. The molecule has 0 unspecified atom stereocenters. The molecule has 1 aliphatic rings. The number of amides is 1. The van der Waals surface area contributed by atoms with E-state index in [4.69, 9.17) is 4.74 Å². The van der Waals surface area contributed by atoms with Crippen molar-refractivity contribution in [3.05, 3.63) is 58.1 Å². The lowest BCUT2D eigenvalue weighted by Gasteiger charge is -2.05. The van der Waals surface area contributed by atoms with Gasteiger partial charge in [-0.3, -0.25) is 14.9 Å². The van der Waals surface area contributed by atoms with E-state index < -0.39 is 0 Å². The lowest BCUT2D eigenvalue weighted by molar-refractivity contribution is -0.142. The Labute approximate surface area is 170 Å². The van der Waals surface area contributed by atoms with Gasteiger partial charge in [0.2, 0.25) is 0 Å². The number of rotatable bonds is 6. The van der Waals surface area contributed by atoms with E-state index in [-0.39, 0.29) is 24.1 Å². The maximum Gasteiger partial charge on any atom is 0.311 e. The predicted molar refractivity (Wildman–Crippen MR) is 106 cm³/mol. The van der Waals surface area contributed by atoms with Crippen LogP contribution in [0, 0.1) is 5.82 Å². The van der Waals surface area contributed by atoms with Crippen molar-refractivity contribution in [3.8, 4) is 5.69 Å². The molecule has 1 amide bonds. The molecule has 150 valence electrons. The van der Waals surface area contributed by atoms with E-state index in [2.05, 4.69) is 15.4 Å². The summed E-state index contributed by atoms with van der Waals surface area (Å²) in [5.41, 5.74) is 3.50. The quantitative estimate of drug-likeness (QED) is 0.626. The number of aromatic nitrogens is 3. The van der Waals surface area contributed by atoms with Crippen LogP contribution in [0.15, 0.2) is 29.6 Å². The fraction of sp³-hybridized carbons (Fsp3) is 0.300. The van der Waals surface area contributed by atoms with Crippen molar-refractivity contribution < 1.29 is 18.7 Å².